The third-order valence-corrected chi connectivity index (χ3v) is 2.70. The van der Waals surface area contributed by atoms with Gasteiger partial charge in [-0.15, -0.1) is 0 Å². The zero-order valence-electron chi connectivity index (χ0n) is 8.42. The molecule has 2 rings (SSSR count). The Bertz CT molecular complexity index is 299. The average molecular weight is 194 g/mol. The lowest BCUT2D eigenvalue weighted by Gasteiger charge is -2.16. The van der Waals surface area contributed by atoms with E-state index >= 15 is 0 Å². The second-order valence-electron chi connectivity index (χ2n) is 4.12. The number of aryl methyl sites for hydroxylation is 1. The second-order valence-corrected chi connectivity index (χ2v) is 4.12. The van der Waals surface area contributed by atoms with Gasteiger partial charge in [-0.3, -0.25) is 0 Å². The molecule has 0 spiro atoms. The van der Waals surface area contributed by atoms with E-state index in [1.54, 1.807) is 0 Å². The maximum absolute atomic E-state index is 14.0. The van der Waals surface area contributed by atoms with Crippen molar-refractivity contribution in [1.82, 2.24) is 0 Å². The van der Waals surface area contributed by atoms with Gasteiger partial charge in [0.2, 0.25) is 0 Å². The number of ether oxygens (including phenoxy) is 1. The average Bonchev–Trinajstić information content (AvgIpc) is 2.57. The van der Waals surface area contributed by atoms with E-state index in [1.165, 1.54) is 5.56 Å². The summed E-state index contributed by atoms with van der Waals surface area (Å²) in [6.45, 7) is 2.84. The molecule has 0 saturated carbocycles. The Morgan fingerprint density at radius 2 is 2.07 bits per heavy atom. The van der Waals surface area contributed by atoms with Gasteiger partial charge in [-0.1, -0.05) is 29.8 Å². The molecule has 1 saturated heterocycles. The summed E-state index contributed by atoms with van der Waals surface area (Å²) in [7, 11) is 0. The van der Waals surface area contributed by atoms with Crippen molar-refractivity contribution < 1.29 is 9.13 Å². The number of halogens is 1. The Hall–Kier alpha value is -0.890. The van der Waals surface area contributed by atoms with Crippen LogP contribution in [0.4, 0.5) is 4.39 Å². The lowest BCUT2D eigenvalue weighted by Crippen LogP contribution is -2.25. The van der Waals surface area contributed by atoms with Crippen molar-refractivity contribution in [2.24, 2.45) is 0 Å². The lowest BCUT2D eigenvalue weighted by molar-refractivity contribution is 0.112. The number of alkyl halides is 1. The molecule has 1 nitrogen and oxygen atoms in total. The van der Waals surface area contributed by atoms with E-state index in [9.17, 15) is 4.39 Å². The van der Waals surface area contributed by atoms with Gasteiger partial charge in [0.25, 0.3) is 0 Å². The molecule has 1 aromatic carbocycles. The van der Waals surface area contributed by atoms with Crippen LogP contribution in [0.3, 0.4) is 0 Å². The van der Waals surface area contributed by atoms with E-state index in [-0.39, 0.29) is 6.61 Å². The van der Waals surface area contributed by atoms with Crippen LogP contribution in [0.15, 0.2) is 24.3 Å². The maximum atomic E-state index is 14.0. The van der Waals surface area contributed by atoms with Crippen molar-refractivity contribution in [3.63, 3.8) is 0 Å². The Labute approximate surface area is 83.9 Å². The highest BCUT2D eigenvalue weighted by Gasteiger charge is 2.34. The first-order valence-corrected chi connectivity index (χ1v) is 5.00. The third kappa shape index (κ3) is 2.13. The molecule has 0 aliphatic carbocycles. The first-order valence-electron chi connectivity index (χ1n) is 5.00. The molecule has 1 aliphatic heterocycles. The fourth-order valence-corrected chi connectivity index (χ4v) is 1.79. The third-order valence-electron chi connectivity index (χ3n) is 2.70. The molecule has 1 atom stereocenters. The fourth-order valence-electron chi connectivity index (χ4n) is 1.79. The highest BCUT2D eigenvalue weighted by molar-refractivity contribution is 5.23. The molecule has 0 aromatic heterocycles. The molecule has 1 heterocycles. The molecule has 0 bridgehead atoms. The van der Waals surface area contributed by atoms with Gasteiger partial charge in [-0.05, 0) is 12.5 Å². The quantitative estimate of drug-likeness (QED) is 0.703. The van der Waals surface area contributed by atoms with Gasteiger partial charge in [-0.2, -0.15) is 0 Å². The maximum Gasteiger partial charge on any atom is 0.140 e. The highest BCUT2D eigenvalue weighted by atomic mass is 19.1. The first kappa shape index (κ1) is 9.66. The van der Waals surface area contributed by atoms with Crippen LogP contribution in [0, 0.1) is 6.92 Å². The van der Waals surface area contributed by atoms with Crippen molar-refractivity contribution in [3.05, 3.63) is 35.4 Å². The predicted octanol–water partition coefficient (Wildman–Crippen LogP) is 2.67. The Morgan fingerprint density at radius 1 is 1.36 bits per heavy atom. The van der Waals surface area contributed by atoms with Crippen LogP contribution in [0.25, 0.3) is 0 Å². The molecule has 1 aliphatic rings. The van der Waals surface area contributed by atoms with Gasteiger partial charge < -0.3 is 4.74 Å². The number of hydrogen-bond acceptors (Lipinski definition) is 1. The molecule has 0 radical (unpaired) electrons. The predicted molar refractivity (Wildman–Crippen MR) is 54.2 cm³/mol. The zero-order chi connectivity index (χ0) is 10.0. The zero-order valence-corrected chi connectivity index (χ0v) is 8.42. The van der Waals surface area contributed by atoms with Crippen LogP contribution in [0.1, 0.15) is 17.5 Å². The van der Waals surface area contributed by atoms with Gasteiger partial charge in [0, 0.05) is 19.4 Å². The van der Waals surface area contributed by atoms with Crippen LogP contribution in [0.2, 0.25) is 0 Å². The minimum Gasteiger partial charge on any atom is -0.378 e. The van der Waals surface area contributed by atoms with E-state index in [0.717, 1.165) is 5.56 Å². The van der Waals surface area contributed by atoms with Crippen LogP contribution in [-0.2, 0) is 11.2 Å². The lowest BCUT2D eigenvalue weighted by atomic mass is 9.95. The van der Waals surface area contributed by atoms with Crippen LogP contribution in [0.5, 0.6) is 0 Å². The van der Waals surface area contributed by atoms with Gasteiger partial charge in [-0.25, -0.2) is 4.39 Å². The molecule has 1 unspecified atom stereocenters. The van der Waals surface area contributed by atoms with Gasteiger partial charge in [0.15, 0.2) is 0 Å². The van der Waals surface area contributed by atoms with Gasteiger partial charge in [0.05, 0.1) is 6.61 Å². The molecule has 14 heavy (non-hydrogen) atoms. The molecule has 2 heteroatoms. The largest absolute Gasteiger partial charge is 0.378 e. The normalized spacial score (nSPS) is 26.7. The number of hydrogen-bond donors (Lipinski definition) is 0. The number of rotatable bonds is 2. The summed E-state index contributed by atoms with van der Waals surface area (Å²) in [6.07, 6.45) is 1.01. The van der Waals surface area contributed by atoms with Crippen molar-refractivity contribution in [1.29, 1.82) is 0 Å². The van der Waals surface area contributed by atoms with Crippen LogP contribution >= 0.6 is 0 Å². The molecule has 1 aromatic rings. The van der Waals surface area contributed by atoms with Crippen LogP contribution < -0.4 is 0 Å². The molecular weight excluding hydrogens is 179 g/mol. The summed E-state index contributed by atoms with van der Waals surface area (Å²) >= 11 is 0. The first-order chi connectivity index (χ1) is 6.68. The van der Waals surface area contributed by atoms with Crippen molar-refractivity contribution in [2.45, 2.75) is 25.4 Å². The van der Waals surface area contributed by atoms with E-state index in [1.807, 2.05) is 31.2 Å². The van der Waals surface area contributed by atoms with E-state index < -0.39 is 5.67 Å². The summed E-state index contributed by atoms with van der Waals surface area (Å²) in [5, 5.41) is 0. The van der Waals surface area contributed by atoms with Crippen LogP contribution in [-0.4, -0.2) is 18.9 Å². The summed E-state index contributed by atoms with van der Waals surface area (Å²) in [4.78, 5) is 0. The minimum absolute atomic E-state index is 0.251. The fraction of sp³-hybridized carbons (Fsp3) is 0.500. The molecular formula is C12H15FO. The highest BCUT2D eigenvalue weighted by Crippen LogP contribution is 2.27. The molecule has 0 N–H and O–H groups in total. The van der Waals surface area contributed by atoms with Crippen molar-refractivity contribution >= 4 is 0 Å². The van der Waals surface area contributed by atoms with E-state index in [4.69, 9.17) is 4.74 Å². The summed E-state index contributed by atoms with van der Waals surface area (Å²) in [5.41, 5.74) is 1.14. The Morgan fingerprint density at radius 3 is 2.64 bits per heavy atom. The standard InChI is InChI=1S/C12H15FO/c1-10-2-4-11(5-3-10)8-12(13)6-7-14-9-12/h2-5H,6-9H2,1H3. The summed E-state index contributed by atoms with van der Waals surface area (Å²) < 4.78 is 19.1. The smallest absolute Gasteiger partial charge is 0.140 e. The molecule has 0 amide bonds. The minimum atomic E-state index is -1.13. The molecule has 76 valence electrons. The Kier molecular flexibility index (Phi) is 2.55. The number of benzene rings is 1. The Balaban J connectivity index is 2.06. The van der Waals surface area contributed by atoms with Gasteiger partial charge >= 0.3 is 0 Å². The SMILES string of the molecule is Cc1ccc(CC2(F)CCOC2)cc1. The second kappa shape index (κ2) is 3.70. The van der Waals surface area contributed by atoms with E-state index in [0.29, 0.717) is 19.4 Å². The van der Waals surface area contributed by atoms with Gasteiger partial charge in [0.1, 0.15) is 5.67 Å². The van der Waals surface area contributed by atoms with Crippen molar-refractivity contribution in [2.75, 3.05) is 13.2 Å². The van der Waals surface area contributed by atoms with E-state index in [2.05, 4.69) is 0 Å². The summed E-state index contributed by atoms with van der Waals surface area (Å²) in [6, 6.07) is 8.03. The summed E-state index contributed by atoms with van der Waals surface area (Å²) in [5.74, 6) is 0. The monoisotopic (exact) mass is 194 g/mol. The topological polar surface area (TPSA) is 9.23 Å². The molecule has 1 fully saturated rings. The van der Waals surface area contributed by atoms with Crippen molar-refractivity contribution in [3.8, 4) is 0 Å².